The zero-order chi connectivity index (χ0) is 11.1. The smallest absolute Gasteiger partial charge is 0.122 e. The third-order valence-electron chi connectivity index (χ3n) is 1.90. The molecule has 0 aromatic heterocycles. The largest absolute Gasteiger partial charge is 0.497 e. The summed E-state index contributed by atoms with van der Waals surface area (Å²) in [7, 11) is 1.64. The van der Waals surface area contributed by atoms with Crippen LogP contribution in [0.5, 0.6) is 5.75 Å². The number of nitrogens with zero attached hydrogens (tertiary/aromatic N) is 1. The summed E-state index contributed by atoms with van der Waals surface area (Å²) in [5.41, 5.74) is 0.999. The molecule has 80 valence electrons. The molecule has 0 saturated carbocycles. The maximum absolute atomic E-state index is 8.38. The average Bonchev–Trinajstić information content (AvgIpc) is 2.23. The highest BCUT2D eigenvalue weighted by Gasteiger charge is 1.98. The van der Waals surface area contributed by atoms with Gasteiger partial charge in [0.25, 0.3) is 0 Å². The number of hydrogen-bond donors (Lipinski definition) is 1. The SMILES string of the molecule is COc1cc(Br)cc(NCCCC#N)c1. The lowest BCUT2D eigenvalue weighted by Gasteiger charge is -2.08. The summed E-state index contributed by atoms with van der Waals surface area (Å²) in [6.45, 7) is 0.799. The van der Waals surface area contributed by atoms with Crippen LogP contribution in [0.15, 0.2) is 22.7 Å². The number of unbranched alkanes of at least 4 members (excludes halogenated alkanes) is 1. The van der Waals surface area contributed by atoms with Crippen LogP contribution in [0.2, 0.25) is 0 Å². The van der Waals surface area contributed by atoms with Crippen LogP contribution in [0, 0.1) is 11.3 Å². The second-order valence-corrected chi connectivity index (χ2v) is 3.98. The second-order valence-electron chi connectivity index (χ2n) is 3.07. The topological polar surface area (TPSA) is 45.0 Å². The Bertz CT molecular complexity index is 360. The molecule has 0 heterocycles. The summed E-state index contributed by atoms with van der Waals surface area (Å²) in [6.07, 6.45) is 1.43. The van der Waals surface area contributed by atoms with Crippen molar-refractivity contribution in [2.45, 2.75) is 12.8 Å². The van der Waals surface area contributed by atoms with Gasteiger partial charge in [-0.1, -0.05) is 15.9 Å². The van der Waals surface area contributed by atoms with Crippen molar-refractivity contribution in [3.63, 3.8) is 0 Å². The molecular formula is C11H13BrN2O. The zero-order valence-corrected chi connectivity index (χ0v) is 10.2. The van der Waals surface area contributed by atoms with Crippen molar-refractivity contribution < 1.29 is 4.74 Å². The molecule has 0 amide bonds. The number of anilines is 1. The van der Waals surface area contributed by atoms with Crippen LogP contribution in [0.25, 0.3) is 0 Å². The first-order valence-electron chi connectivity index (χ1n) is 4.71. The van der Waals surface area contributed by atoms with Gasteiger partial charge in [0.1, 0.15) is 5.75 Å². The summed E-state index contributed by atoms with van der Waals surface area (Å²) in [4.78, 5) is 0. The number of nitriles is 1. The van der Waals surface area contributed by atoms with Crippen molar-refractivity contribution in [3.8, 4) is 11.8 Å². The van der Waals surface area contributed by atoms with E-state index in [1.165, 1.54) is 0 Å². The van der Waals surface area contributed by atoms with Gasteiger partial charge in [0, 0.05) is 29.2 Å². The fraction of sp³-hybridized carbons (Fsp3) is 0.364. The Balaban J connectivity index is 2.53. The Morgan fingerprint density at radius 2 is 2.27 bits per heavy atom. The Labute approximate surface area is 98.2 Å². The average molecular weight is 269 g/mol. The summed E-state index contributed by atoms with van der Waals surface area (Å²) >= 11 is 3.40. The molecule has 0 aliphatic carbocycles. The number of methoxy groups -OCH3 is 1. The van der Waals surface area contributed by atoms with E-state index in [2.05, 4.69) is 27.3 Å². The van der Waals surface area contributed by atoms with E-state index in [9.17, 15) is 0 Å². The fourth-order valence-electron chi connectivity index (χ4n) is 1.18. The molecule has 1 rings (SSSR count). The molecule has 1 N–H and O–H groups in total. The van der Waals surface area contributed by atoms with Crippen LogP contribution in [-0.4, -0.2) is 13.7 Å². The molecule has 3 nitrogen and oxygen atoms in total. The molecule has 0 spiro atoms. The molecule has 0 unspecified atom stereocenters. The zero-order valence-electron chi connectivity index (χ0n) is 8.59. The predicted octanol–water partition coefficient (Wildman–Crippen LogP) is 3.17. The van der Waals surface area contributed by atoms with Crippen LogP contribution in [-0.2, 0) is 0 Å². The highest BCUT2D eigenvalue weighted by atomic mass is 79.9. The van der Waals surface area contributed by atoms with Gasteiger partial charge in [-0.2, -0.15) is 5.26 Å². The molecule has 1 aromatic carbocycles. The maximum Gasteiger partial charge on any atom is 0.122 e. The first kappa shape index (κ1) is 11.9. The lowest BCUT2D eigenvalue weighted by molar-refractivity contribution is 0.414. The van der Waals surface area contributed by atoms with Crippen molar-refractivity contribution in [1.29, 1.82) is 5.26 Å². The van der Waals surface area contributed by atoms with E-state index >= 15 is 0 Å². The van der Waals surface area contributed by atoms with Crippen molar-refractivity contribution in [2.24, 2.45) is 0 Å². The van der Waals surface area contributed by atoms with Crippen molar-refractivity contribution in [3.05, 3.63) is 22.7 Å². The first-order valence-corrected chi connectivity index (χ1v) is 5.51. The number of nitrogens with one attached hydrogen (secondary N) is 1. The van der Waals surface area contributed by atoms with E-state index in [0.29, 0.717) is 6.42 Å². The standard InChI is InChI=1S/C11H13BrN2O/c1-15-11-7-9(12)6-10(8-11)14-5-3-2-4-13/h6-8,14H,2-3,5H2,1H3. The lowest BCUT2D eigenvalue weighted by atomic mass is 10.3. The summed E-state index contributed by atoms with van der Waals surface area (Å²) in [6, 6.07) is 7.93. The molecule has 0 saturated heterocycles. The Kier molecular flexibility index (Phi) is 4.99. The van der Waals surface area contributed by atoms with E-state index in [1.54, 1.807) is 7.11 Å². The Morgan fingerprint density at radius 1 is 1.47 bits per heavy atom. The molecular weight excluding hydrogens is 256 g/mol. The van der Waals surface area contributed by atoms with Gasteiger partial charge < -0.3 is 10.1 Å². The highest BCUT2D eigenvalue weighted by molar-refractivity contribution is 9.10. The molecule has 4 heteroatoms. The van der Waals surface area contributed by atoms with E-state index in [4.69, 9.17) is 10.00 Å². The fourth-order valence-corrected chi connectivity index (χ4v) is 1.66. The third kappa shape index (κ3) is 4.22. The monoisotopic (exact) mass is 268 g/mol. The minimum absolute atomic E-state index is 0.581. The predicted molar refractivity (Wildman–Crippen MR) is 64.0 cm³/mol. The van der Waals surface area contributed by atoms with Crippen LogP contribution >= 0.6 is 15.9 Å². The minimum Gasteiger partial charge on any atom is -0.497 e. The summed E-state index contributed by atoms with van der Waals surface area (Å²) in [5.74, 6) is 0.812. The lowest BCUT2D eigenvalue weighted by Crippen LogP contribution is -2.01. The second kappa shape index (κ2) is 6.31. The first-order chi connectivity index (χ1) is 7.26. The van der Waals surface area contributed by atoms with E-state index in [-0.39, 0.29) is 0 Å². The summed E-state index contributed by atoms with van der Waals surface area (Å²) < 4.78 is 6.12. The quantitative estimate of drug-likeness (QED) is 0.835. The van der Waals surface area contributed by atoms with Crippen LogP contribution in [0.1, 0.15) is 12.8 Å². The summed E-state index contributed by atoms with van der Waals surface area (Å²) in [5, 5.41) is 11.6. The van der Waals surface area contributed by atoms with Gasteiger partial charge in [-0.05, 0) is 18.6 Å². The minimum atomic E-state index is 0.581. The van der Waals surface area contributed by atoms with Gasteiger partial charge in [-0.25, -0.2) is 0 Å². The van der Waals surface area contributed by atoms with Crippen LogP contribution in [0.3, 0.4) is 0 Å². The van der Waals surface area contributed by atoms with E-state index < -0.39 is 0 Å². The third-order valence-corrected chi connectivity index (χ3v) is 2.36. The molecule has 0 bridgehead atoms. The van der Waals surface area contributed by atoms with Gasteiger partial charge in [0.2, 0.25) is 0 Å². The van der Waals surface area contributed by atoms with Gasteiger partial charge in [0.05, 0.1) is 13.2 Å². The molecule has 0 atom stereocenters. The number of benzene rings is 1. The van der Waals surface area contributed by atoms with Gasteiger partial charge in [-0.3, -0.25) is 0 Å². The molecule has 0 radical (unpaired) electrons. The number of ether oxygens (including phenoxy) is 1. The molecule has 15 heavy (non-hydrogen) atoms. The molecule has 0 aliphatic heterocycles. The van der Waals surface area contributed by atoms with Gasteiger partial charge in [-0.15, -0.1) is 0 Å². The Morgan fingerprint density at radius 3 is 2.93 bits per heavy atom. The van der Waals surface area contributed by atoms with Crippen LogP contribution in [0.4, 0.5) is 5.69 Å². The van der Waals surface area contributed by atoms with E-state index in [1.807, 2.05) is 18.2 Å². The number of hydrogen-bond acceptors (Lipinski definition) is 3. The molecule has 1 aromatic rings. The van der Waals surface area contributed by atoms with Gasteiger partial charge >= 0.3 is 0 Å². The molecule has 0 fully saturated rings. The van der Waals surface area contributed by atoms with Crippen molar-refractivity contribution in [1.82, 2.24) is 0 Å². The van der Waals surface area contributed by atoms with Crippen LogP contribution < -0.4 is 10.1 Å². The van der Waals surface area contributed by atoms with Gasteiger partial charge in [0.15, 0.2) is 0 Å². The Hall–Kier alpha value is -1.21. The number of halogens is 1. The van der Waals surface area contributed by atoms with Crippen molar-refractivity contribution >= 4 is 21.6 Å². The van der Waals surface area contributed by atoms with Crippen molar-refractivity contribution in [2.75, 3.05) is 19.0 Å². The highest BCUT2D eigenvalue weighted by Crippen LogP contribution is 2.24. The number of rotatable bonds is 5. The van der Waals surface area contributed by atoms with E-state index in [0.717, 1.165) is 28.9 Å². The maximum atomic E-state index is 8.38. The molecule has 0 aliphatic rings. The normalized spacial score (nSPS) is 9.40.